The van der Waals surface area contributed by atoms with Crippen LogP contribution in [0.2, 0.25) is 5.15 Å². The first-order valence-corrected chi connectivity index (χ1v) is 12.6. The van der Waals surface area contributed by atoms with Crippen LogP contribution < -0.4 is 5.32 Å². The molecule has 0 spiro atoms. The third kappa shape index (κ3) is 6.58. The number of amides is 1. The predicted molar refractivity (Wildman–Crippen MR) is 148 cm³/mol. The van der Waals surface area contributed by atoms with Gasteiger partial charge < -0.3 is 10.1 Å². The molecule has 0 saturated carbocycles. The zero-order valence-corrected chi connectivity index (χ0v) is 22.6. The number of hydrogen-bond acceptors (Lipinski definition) is 5. The molecule has 0 aliphatic heterocycles. The zero-order chi connectivity index (χ0) is 27.3. The van der Waals surface area contributed by atoms with Gasteiger partial charge in [0.25, 0.3) is 5.91 Å². The van der Waals surface area contributed by atoms with Crippen LogP contribution in [0.1, 0.15) is 43.3 Å². The van der Waals surface area contributed by atoms with E-state index >= 15 is 0 Å². The number of nitrogens with zero attached hydrogens (tertiary/aromatic N) is 4. The quantitative estimate of drug-likeness (QED) is 0.237. The molecule has 0 unspecified atom stereocenters. The average Bonchev–Trinajstić information content (AvgIpc) is 3.43. The minimum Gasteiger partial charge on any atom is -0.452 e. The number of rotatable bonds is 8. The van der Waals surface area contributed by atoms with Crippen molar-refractivity contribution in [1.29, 1.82) is 0 Å². The first kappa shape index (κ1) is 26.9. The highest BCUT2D eigenvalue weighted by Gasteiger charge is 2.22. The summed E-state index contributed by atoms with van der Waals surface area (Å²) in [5.41, 5.74) is 3.75. The van der Waals surface area contributed by atoms with Gasteiger partial charge in [-0.05, 0) is 30.7 Å². The fourth-order valence-corrected chi connectivity index (χ4v) is 4.03. The molecule has 9 heteroatoms. The SMILES string of the molecule is Cc1nn(Cc2ccccc2)c(Cl)c1/C=C/C(=O)OCC(=O)Nc1cc(C(C)(C)C)nn1-c1ccccc1. The number of para-hydroxylation sites is 1. The lowest BCUT2D eigenvalue weighted by atomic mass is 9.92. The van der Waals surface area contributed by atoms with Crippen LogP contribution in [0.25, 0.3) is 11.8 Å². The normalized spacial score (nSPS) is 11.6. The number of nitrogens with one attached hydrogen (secondary N) is 1. The molecule has 0 atom stereocenters. The lowest BCUT2D eigenvalue weighted by Crippen LogP contribution is -2.21. The molecule has 2 aromatic heterocycles. The molecule has 1 N–H and O–H groups in total. The highest BCUT2D eigenvalue weighted by Crippen LogP contribution is 2.26. The topological polar surface area (TPSA) is 91.0 Å². The van der Waals surface area contributed by atoms with E-state index in [4.69, 9.17) is 16.3 Å². The van der Waals surface area contributed by atoms with Crippen molar-refractivity contribution in [3.05, 3.63) is 100 Å². The number of halogens is 1. The van der Waals surface area contributed by atoms with E-state index in [2.05, 4.69) is 15.5 Å². The lowest BCUT2D eigenvalue weighted by molar-refractivity contribution is -0.142. The van der Waals surface area contributed by atoms with Crippen molar-refractivity contribution < 1.29 is 14.3 Å². The second-order valence-corrected chi connectivity index (χ2v) is 10.2. The molecule has 0 radical (unpaired) electrons. The number of hydrogen-bond donors (Lipinski definition) is 1. The molecule has 1 amide bonds. The van der Waals surface area contributed by atoms with Crippen LogP contribution in [0.5, 0.6) is 0 Å². The van der Waals surface area contributed by atoms with Crippen molar-refractivity contribution in [2.45, 2.75) is 39.7 Å². The van der Waals surface area contributed by atoms with Crippen molar-refractivity contribution in [2.24, 2.45) is 0 Å². The average molecular weight is 532 g/mol. The molecule has 38 heavy (non-hydrogen) atoms. The maximum atomic E-state index is 12.6. The van der Waals surface area contributed by atoms with E-state index in [9.17, 15) is 9.59 Å². The number of carbonyl (C=O) groups is 2. The highest BCUT2D eigenvalue weighted by atomic mass is 35.5. The Hall–Kier alpha value is -4.17. The summed E-state index contributed by atoms with van der Waals surface area (Å²) < 4.78 is 8.50. The molecule has 2 aromatic carbocycles. The predicted octanol–water partition coefficient (Wildman–Crippen LogP) is 5.57. The van der Waals surface area contributed by atoms with Crippen molar-refractivity contribution >= 4 is 35.4 Å². The highest BCUT2D eigenvalue weighted by molar-refractivity contribution is 6.31. The Morgan fingerprint density at radius 2 is 1.68 bits per heavy atom. The summed E-state index contributed by atoms with van der Waals surface area (Å²) in [7, 11) is 0. The number of ether oxygens (including phenoxy) is 1. The molecule has 0 aliphatic rings. The minimum absolute atomic E-state index is 0.217. The van der Waals surface area contributed by atoms with Crippen LogP contribution >= 0.6 is 11.6 Å². The third-order valence-corrected chi connectivity index (χ3v) is 6.16. The van der Waals surface area contributed by atoms with Crippen molar-refractivity contribution in [3.63, 3.8) is 0 Å². The molecule has 196 valence electrons. The van der Waals surface area contributed by atoms with Gasteiger partial charge in [-0.1, -0.05) is 80.9 Å². The van der Waals surface area contributed by atoms with Gasteiger partial charge >= 0.3 is 5.97 Å². The van der Waals surface area contributed by atoms with E-state index in [-0.39, 0.29) is 5.41 Å². The number of esters is 1. The van der Waals surface area contributed by atoms with Gasteiger partial charge in [-0.15, -0.1) is 0 Å². The summed E-state index contributed by atoms with van der Waals surface area (Å²) in [4.78, 5) is 25.0. The van der Waals surface area contributed by atoms with Crippen LogP contribution in [0, 0.1) is 6.92 Å². The molecule has 0 saturated heterocycles. The fourth-order valence-electron chi connectivity index (χ4n) is 3.74. The molecule has 8 nitrogen and oxygen atoms in total. The maximum absolute atomic E-state index is 12.6. The molecule has 2 heterocycles. The summed E-state index contributed by atoms with van der Waals surface area (Å²) in [5, 5.41) is 12.4. The number of anilines is 1. The first-order chi connectivity index (χ1) is 18.1. The number of aromatic nitrogens is 4. The van der Waals surface area contributed by atoms with E-state index in [1.165, 1.54) is 6.08 Å². The van der Waals surface area contributed by atoms with Crippen LogP contribution in [-0.4, -0.2) is 38.0 Å². The summed E-state index contributed by atoms with van der Waals surface area (Å²) in [6, 6.07) is 21.1. The minimum atomic E-state index is -0.668. The van der Waals surface area contributed by atoms with Gasteiger partial charge in [0, 0.05) is 23.1 Å². The Bertz CT molecular complexity index is 1450. The largest absolute Gasteiger partial charge is 0.452 e. The van der Waals surface area contributed by atoms with E-state index in [1.807, 2.05) is 94.4 Å². The second-order valence-electron chi connectivity index (χ2n) is 9.83. The summed E-state index contributed by atoms with van der Waals surface area (Å²) in [6.45, 7) is 8.01. The lowest BCUT2D eigenvalue weighted by Gasteiger charge is -2.14. The van der Waals surface area contributed by atoms with Gasteiger partial charge in [-0.25, -0.2) is 14.2 Å². The fraction of sp³-hybridized carbons (Fsp3) is 0.241. The van der Waals surface area contributed by atoms with E-state index in [1.54, 1.807) is 15.4 Å². The van der Waals surface area contributed by atoms with Gasteiger partial charge in [0.1, 0.15) is 11.0 Å². The zero-order valence-electron chi connectivity index (χ0n) is 21.8. The van der Waals surface area contributed by atoms with Gasteiger partial charge in [-0.2, -0.15) is 10.2 Å². The number of benzene rings is 2. The van der Waals surface area contributed by atoms with Crippen LogP contribution in [0.4, 0.5) is 5.82 Å². The van der Waals surface area contributed by atoms with Gasteiger partial charge in [-0.3, -0.25) is 4.79 Å². The maximum Gasteiger partial charge on any atom is 0.331 e. The van der Waals surface area contributed by atoms with Crippen LogP contribution in [0.3, 0.4) is 0 Å². The Balaban J connectivity index is 1.39. The van der Waals surface area contributed by atoms with E-state index in [0.717, 1.165) is 16.9 Å². The molecule has 0 bridgehead atoms. The first-order valence-electron chi connectivity index (χ1n) is 12.2. The Morgan fingerprint density at radius 3 is 2.34 bits per heavy atom. The van der Waals surface area contributed by atoms with Crippen LogP contribution in [0.15, 0.2) is 72.8 Å². The monoisotopic (exact) mass is 531 g/mol. The summed E-state index contributed by atoms with van der Waals surface area (Å²) >= 11 is 6.50. The Morgan fingerprint density at radius 1 is 1.03 bits per heavy atom. The third-order valence-electron chi connectivity index (χ3n) is 5.76. The second kappa shape index (κ2) is 11.5. The van der Waals surface area contributed by atoms with E-state index < -0.39 is 18.5 Å². The molecule has 0 fully saturated rings. The van der Waals surface area contributed by atoms with Crippen molar-refractivity contribution in [1.82, 2.24) is 19.6 Å². The number of aryl methyl sites for hydroxylation is 1. The van der Waals surface area contributed by atoms with Gasteiger partial charge in [0.2, 0.25) is 0 Å². The number of carbonyl (C=O) groups excluding carboxylic acids is 2. The van der Waals surface area contributed by atoms with Gasteiger partial charge in [0.05, 0.1) is 23.6 Å². The van der Waals surface area contributed by atoms with E-state index in [0.29, 0.717) is 28.8 Å². The van der Waals surface area contributed by atoms with Crippen LogP contribution in [-0.2, 0) is 26.3 Å². The molecule has 0 aliphatic carbocycles. The Kier molecular flexibility index (Phi) is 8.12. The Labute approximate surface area is 226 Å². The van der Waals surface area contributed by atoms with Crippen molar-refractivity contribution in [2.75, 3.05) is 11.9 Å². The summed E-state index contributed by atoms with van der Waals surface area (Å²) in [6.07, 6.45) is 2.79. The molecule has 4 rings (SSSR count). The standard InChI is InChI=1S/C29H30ClN5O3/c1-20-23(28(30)34(32-20)18-21-11-7-5-8-12-21)15-16-27(37)38-19-26(36)31-25-17-24(29(2,3)4)33-35(25)22-13-9-6-10-14-22/h5-17H,18-19H2,1-4H3,(H,31,36)/b16-15+. The smallest absolute Gasteiger partial charge is 0.331 e. The van der Waals surface area contributed by atoms with Crippen molar-refractivity contribution in [3.8, 4) is 5.69 Å². The molecule has 4 aromatic rings. The summed E-state index contributed by atoms with van der Waals surface area (Å²) in [5.74, 6) is -0.654. The molecular formula is C29H30ClN5O3. The molecular weight excluding hydrogens is 502 g/mol. The van der Waals surface area contributed by atoms with Gasteiger partial charge in [0.15, 0.2) is 6.61 Å².